The van der Waals surface area contributed by atoms with Gasteiger partial charge in [-0.1, -0.05) is 18.2 Å². The number of nitro groups is 1. The maximum atomic E-state index is 13.0. The summed E-state index contributed by atoms with van der Waals surface area (Å²) in [6, 6.07) is 5.99. The normalized spacial score (nSPS) is 21.0. The molecule has 0 aromatic heterocycles. The minimum Gasteiger partial charge on any atom is -0.335 e. The molecule has 162 valence electrons. The smallest absolute Gasteiger partial charge is 0.273 e. The largest absolute Gasteiger partial charge is 0.335 e. The highest BCUT2D eigenvalue weighted by Gasteiger charge is 2.35. The molecule has 1 aromatic rings. The van der Waals surface area contributed by atoms with Gasteiger partial charge in [-0.15, -0.1) is 12.4 Å². The van der Waals surface area contributed by atoms with Gasteiger partial charge in [-0.05, 0) is 25.9 Å². The molecule has 0 aliphatic carbocycles. The zero-order chi connectivity index (χ0) is 20.3. The summed E-state index contributed by atoms with van der Waals surface area (Å²) < 4.78 is 25.4. The highest BCUT2D eigenvalue weighted by atomic mass is 35.5. The number of piperazine rings is 1. The van der Waals surface area contributed by atoms with Gasteiger partial charge in [0, 0.05) is 37.8 Å². The number of amides is 1. The molecule has 1 atom stereocenters. The Morgan fingerprint density at radius 3 is 2.45 bits per heavy atom. The van der Waals surface area contributed by atoms with Gasteiger partial charge >= 0.3 is 0 Å². The van der Waals surface area contributed by atoms with E-state index in [0.717, 1.165) is 25.9 Å². The quantitative estimate of drug-likeness (QED) is 0.479. The molecule has 0 unspecified atom stereocenters. The fourth-order valence-electron chi connectivity index (χ4n) is 3.98. The Balaban J connectivity index is 0.00000300. The molecule has 0 N–H and O–H groups in total. The maximum Gasteiger partial charge on any atom is 0.273 e. The van der Waals surface area contributed by atoms with Gasteiger partial charge in [-0.2, -0.15) is 4.31 Å². The van der Waals surface area contributed by atoms with Gasteiger partial charge in [0.05, 0.1) is 23.6 Å². The van der Waals surface area contributed by atoms with Gasteiger partial charge in [-0.25, -0.2) is 8.42 Å². The summed E-state index contributed by atoms with van der Waals surface area (Å²) in [6.45, 7) is 3.32. The lowest BCUT2D eigenvalue weighted by Crippen LogP contribution is -2.59. The molecule has 1 amide bonds. The molecule has 2 aliphatic heterocycles. The van der Waals surface area contributed by atoms with Crippen LogP contribution in [0.4, 0.5) is 5.69 Å². The summed E-state index contributed by atoms with van der Waals surface area (Å²) in [7, 11) is -3.33. The first-order chi connectivity index (χ1) is 13.3. The summed E-state index contributed by atoms with van der Waals surface area (Å²) in [5.74, 6) is -0.202. The second kappa shape index (κ2) is 9.84. The molecule has 11 heteroatoms. The first kappa shape index (κ1) is 23.5. The topological polar surface area (TPSA) is 104 Å². The molecule has 2 heterocycles. The number of sulfonamides is 1. The number of nitro benzene ring substituents is 1. The van der Waals surface area contributed by atoms with Crippen molar-refractivity contribution < 1.29 is 18.1 Å². The molecule has 29 heavy (non-hydrogen) atoms. The maximum absolute atomic E-state index is 13.0. The number of para-hydroxylation sites is 1. The third kappa shape index (κ3) is 5.88. The molecule has 2 aliphatic rings. The average Bonchev–Trinajstić information content (AvgIpc) is 3.14. The SMILES string of the molecule is CS(=O)(=O)N1CCN(C(=O)Cc2ccccc2[N+](=O)[O-])[C@@H](CN2CCCC2)C1.Cl. The predicted octanol–water partition coefficient (Wildman–Crippen LogP) is 1.13. The number of rotatable bonds is 6. The molecule has 9 nitrogen and oxygen atoms in total. The van der Waals surface area contributed by atoms with Gasteiger partial charge < -0.3 is 9.80 Å². The molecule has 0 bridgehead atoms. The van der Waals surface area contributed by atoms with E-state index in [-0.39, 0.29) is 49.6 Å². The fourth-order valence-corrected chi connectivity index (χ4v) is 4.83. The van der Waals surface area contributed by atoms with E-state index in [1.807, 2.05) is 0 Å². The number of halogens is 1. The molecule has 2 fully saturated rings. The molecule has 2 saturated heterocycles. The molecule has 0 saturated carbocycles. The number of likely N-dealkylation sites (tertiary alicyclic amines) is 1. The Kier molecular flexibility index (Phi) is 7.98. The molecule has 3 rings (SSSR count). The van der Waals surface area contributed by atoms with Crippen molar-refractivity contribution in [2.75, 3.05) is 45.5 Å². The van der Waals surface area contributed by atoms with Crippen molar-refractivity contribution in [3.8, 4) is 0 Å². The first-order valence-electron chi connectivity index (χ1n) is 9.45. The zero-order valence-electron chi connectivity index (χ0n) is 16.4. The van der Waals surface area contributed by atoms with Crippen LogP contribution in [0.25, 0.3) is 0 Å². The van der Waals surface area contributed by atoms with E-state index in [1.54, 1.807) is 23.1 Å². The second-order valence-corrected chi connectivity index (χ2v) is 9.41. The van der Waals surface area contributed by atoms with Crippen LogP contribution in [0.3, 0.4) is 0 Å². The highest BCUT2D eigenvalue weighted by molar-refractivity contribution is 7.88. The number of carbonyl (C=O) groups is 1. The lowest BCUT2D eigenvalue weighted by molar-refractivity contribution is -0.385. The van der Waals surface area contributed by atoms with E-state index < -0.39 is 14.9 Å². The van der Waals surface area contributed by atoms with Crippen LogP contribution >= 0.6 is 12.4 Å². The number of nitrogens with zero attached hydrogens (tertiary/aromatic N) is 4. The van der Waals surface area contributed by atoms with Crippen molar-refractivity contribution in [1.29, 1.82) is 0 Å². The van der Waals surface area contributed by atoms with Gasteiger partial charge in [-0.3, -0.25) is 14.9 Å². The zero-order valence-corrected chi connectivity index (χ0v) is 18.0. The van der Waals surface area contributed by atoms with E-state index >= 15 is 0 Å². The molecule has 0 radical (unpaired) electrons. The van der Waals surface area contributed by atoms with Crippen LogP contribution < -0.4 is 0 Å². The van der Waals surface area contributed by atoms with Crippen LogP contribution in [0.15, 0.2) is 24.3 Å². The number of hydrogen-bond acceptors (Lipinski definition) is 6. The summed E-state index contributed by atoms with van der Waals surface area (Å²) in [4.78, 5) is 27.7. The number of benzene rings is 1. The third-order valence-electron chi connectivity index (χ3n) is 5.43. The van der Waals surface area contributed by atoms with E-state index in [9.17, 15) is 23.3 Å². The Hall–Kier alpha value is -1.75. The Morgan fingerprint density at radius 2 is 1.83 bits per heavy atom. The minimum atomic E-state index is -3.33. The van der Waals surface area contributed by atoms with Crippen molar-refractivity contribution in [2.45, 2.75) is 25.3 Å². The summed E-state index contributed by atoms with van der Waals surface area (Å²) in [5, 5.41) is 11.2. The molecular formula is C18H27ClN4O5S. The van der Waals surface area contributed by atoms with Crippen LogP contribution in [0.5, 0.6) is 0 Å². The molecular weight excluding hydrogens is 420 g/mol. The van der Waals surface area contributed by atoms with Gasteiger partial charge in [0.1, 0.15) is 0 Å². The first-order valence-corrected chi connectivity index (χ1v) is 11.3. The Morgan fingerprint density at radius 1 is 1.17 bits per heavy atom. The number of carbonyl (C=O) groups excluding carboxylic acids is 1. The van der Waals surface area contributed by atoms with Gasteiger partial charge in [0.25, 0.3) is 5.69 Å². The van der Waals surface area contributed by atoms with E-state index in [1.165, 1.54) is 16.6 Å². The standard InChI is InChI=1S/C18H26N4O5S.ClH/c1-28(26,27)20-10-11-21(16(14-20)13-19-8-4-5-9-19)18(23)12-15-6-2-3-7-17(15)22(24)25;/h2-3,6-7,16H,4-5,8-14H2,1H3;1H/t16-;/m0./s1. The van der Waals surface area contributed by atoms with Crippen molar-refractivity contribution >= 4 is 34.0 Å². The van der Waals surface area contributed by atoms with Crippen molar-refractivity contribution in [3.05, 3.63) is 39.9 Å². The van der Waals surface area contributed by atoms with Gasteiger partial charge in [0.2, 0.25) is 15.9 Å². The summed E-state index contributed by atoms with van der Waals surface area (Å²) in [5.41, 5.74) is 0.310. The van der Waals surface area contributed by atoms with Gasteiger partial charge in [0.15, 0.2) is 0 Å². The highest BCUT2D eigenvalue weighted by Crippen LogP contribution is 2.22. The second-order valence-electron chi connectivity index (χ2n) is 7.43. The van der Waals surface area contributed by atoms with Crippen molar-refractivity contribution in [2.24, 2.45) is 0 Å². The monoisotopic (exact) mass is 446 g/mol. The Labute approximate surface area is 177 Å². The lowest BCUT2D eigenvalue weighted by Gasteiger charge is -2.42. The predicted molar refractivity (Wildman–Crippen MR) is 112 cm³/mol. The van der Waals surface area contributed by atoms with E-state index in [2.05, 4.69) is 4.90 Å². The molecule has 0 spiro atoms. The fraction of sp³-hybridized carbons (Fsp3) is 0.611. The number of hydrogen-bond donors (Lipinski definition) is 0. The van der Waals surface area contributed by atoms with Crippen molar-refractivity contribution in [3.63, 3.8) is 0 Å². The summed E-state index contributed by atoms with van der Waals surface area (Å²) in [6.07, 6.45) is 3.33. The van der Waals surface area contributed by atoms with Crippen LogP contribution in [0.1, 0.15) is 18.4 Å². The van der Waals surface area contributed by atoms with Crippen LogP contribution in [-0.4, -0.2) is 84.9 Å². The Bertz CT molecular complexity index is 844. The molecule has 1 aromatic carbocycles. The van der Waals surface area contributed by atoms with Crippen LogP contribution in [0, 0.1) is 10.1 Å². The van der Waals surface area contributed by atoms with E-state index in [0.29, 0.717) is 18.7 Å². The summed E-state index contributed by atoms with van der Waals surface area (Å²) >= 11 is 0. The van der Waals surface area contributed by atoms with Crippen LogP contribution in [0.2, 0.25) is 0 Å². The van der Waals surface area contributed by atoms with Crippen molar-refractivity contribution in [1.82, 2.24) is 14.1 Å². The minimum absolute atomic E-state index is 0. The van der Waals surface area contributed by atoms with Crippen LogP contribution in [-0.2, 0) is 21.2 Å². The lowest BCUT2D eigenvalue weighted by atomic mass is 10.1. The van der Waals surface area contributed by atoms with E-state index in [4.69, 9.17) is 0 Å². The third-order valence-corrected chi connectivity index (χ3v) is 6.70. The average molecular weight is 447 g/mol.